The van der Waals surface area contributed by atoms with Crippen LogP contribution in [0.4, 0.5) is 10.1 Å². The molecule has 1 amide bonds. The fourth-order valence-corrected chi connectivity index (χ4v) is 5.55. The maximum Gasteiger partial charge on any atom is 0.352 e. The van der Waals surface area contributed by atoms with Crippen molar-refractivity contribution >= 4 is 34.5 Å². The molecule has 5 aromatic rings. The number of amides is 1. The van der Waals surface area contributed by atoms with Crippen molar-refractivity contribution in [3.05, 3.63) is 107 Å². The van der Waals surface area contributed by atoms with Crippen LogP contribution >= 0.6 is 0 Å². The Balaban J connectivity index is 1.53. The summed E-state index contributed by atoms with van der Waals surface area (Å²) < 4.78 is 14.6. The summed E-state index contributed by atoms with van der Waals surface area (Å²) in [5.41, 5.74) is 6.95. The topological polar surface area (TPSA) is 98.0 Å². The van der Waals surface area contributed by atoms with Crippen molar-refractivity contribution < 1.29 is 19.1 Å². The number of aromatic nitrogens is 2. The van der Waals surface area contributed by atoms with E-state index in [9.17, 15) is 19.1 Å². The smallest absolute Gasteiger partial charge is 0.352 e. The Labute approximate surface area is 224 Å². The van der Waals surface area contributed by atoms with Crippen molar-refractivity contribution in [2.45, 2.75) is 26.2 Å². The van der Waals surface area contributed by atoms with Gasteiger partial charge in [0, 0.05) is 45.9 Å². The van der Waals surface area contributed by atoms with Gasteiger partial charge in [-0.05, 0) is 64.6 Å². The highest BCUT2D eigenvalue weighted by Crippen LogP contribution is 2.45. The summed E-state index contributed by atoms with van der Waals surface area (Å²) in [6.45, 7) is 3.99. The van der Waals surface area contributed by atoms with Gasteiger partial charge in [0.15, 0.2) is 0 Å². The highest BCUT2D eigenvalue weighted by atomic mass is 19.1. The van der Waals surface area contributed by atoms with Crippen molar-refractivity contribution in [2.24, 2.45) is 0 Å². The molecule has 0 spiro atoms. The van der Waals surface area contributed by atoms with Crippen molar-refractivity contribution in [2.75, 3.05) is 5.32 Å². The van der Waals surface area contributed by atoms with Crippen LogP contribution in [0.1, 0.15) is 46.9 Å². The molecule has 2 aromatic heterocycles. The van der Waals surface area contributed by atoms with Crippen LogP contribution < -0.4 is 5.32 Å². The van der Waals surface area contributed by atoms with Gasteiger partial charge in [0.25, 0.3) is 5.91 Å². The molecule has 0 aliphatic heterocycles. The molecule has 0 bridgehead atoms. The van der Waals surface area contributed by atoms with E-state index in [1.807, 2.05) is 74.5 Å². The first-order valence-electron chi connectivity index (χ1n) is 12.8. The van der Waals surface area contributed by atoms with Gasteiger partial charge in [-0.2, -0.15) is 0 Å². The average Bonchev–Trinajstić information content (AvgIpc) is 3.65. The Kier molecular flexibility index (Phi) is 5.91. The van der Waals surface area contributed by atoms with Gasteiger partial charge in [0.05, 0.1) is 5.69 Å². The zero-order valence-electron chi connectivity index (χ0n) is 21.4. The van der Waals surface area contributed by atoms with Gasteiger partial charge in [0.2, 0.25) is 0 Å². The lowest BCUT2D eigenvalue weighted by atomic mass is 9.87. The summed E-state index contributed by atoms with van der Waals surface area (Å²) in [7, 11) is 0. The number of hydrogen-bond donors (Lipinski definition) is 4. The van der Waals surface area contributed by atoms with Gasteiger partial charge in [-0.3, -0.25) is 4.79 Å². The number of benzene rings is 3. The van der Waals surface area contributed by atoms with E-state index in [-0.39, 0.29) is 17.5 Å². The third kappa shape index (κ3) is 4.22. The third-order valence-electron chi connectivity index (χ3n) is 7.22. The summed E-state index contributed by atoms with van der Waals surface area (Å²) in [5, 5.41) is 14.0. The molecular weight excluding hydrogens is 493 g/mol. The van der Waals surface area contributed by atoms with Crippen LogP contribution in [0.25, 0.3) is 39.4 Å². The van der Waals surface area contributed by atoms with Crippen molar-refractivity contribution in [1.82, 2.24) is 9.97 Å². The fourth-order valence-electron chi connectivity index (χ4n) is 5.55. The minimum atomic E-state index is -1.11. The Bertz CT molecular complexity index is 1790. The van der Waals surface area contributed by atoms with Crippen molar-refractivity contribution in [3.8, 4) is 22.4 Å². The molecule has 0 unspecified atom stereocenters. The lowest BCUT2D eigenvalue weighted by Crippen LogP contribution is -2.14. The second-order valence-electron chi connectivity index (χ2n) is 10.1. The van der Waals surface area contributed by atoms with Crippen LogP contribution in [0, 0.1) is 5.82 Å². The molecule has 7 heteroatoms. The van der Waals surface area contributed by atoms with E-state index in [0.717, 1.165) is 27.6 Å². The standard InChI is InChI=1S/C32H26FN3O3/c1-17(2)27-28(30(32(38)39)36-29(27)25-15-20(33)16-26-22(25)11-12-34-26)23-10-6-7-18-13-19(14-24(18)23)31(37)35-21-8-4-3-5-9-21/h3-12,14-17,34,36H,13H2,1-2H3,(H,35,37)(H,38,39). The predicted molar refractivity (Wildman–Crippen MR) is 151 cm³/mol. The first kappa shape index (κ1) is 24.4. The van der Waals surface area contributed by atoms with Crippen LogP contribution in [-0.4, -0.2) is 27.0 Å². The normalized spacial score (nSPS) is 12.6. The molecule has 0 saturated heterocycles. The number of nitrogens with one attached hydrogen (secondary N) is 3. The average molecular weight is 520 g/mol. The zero-order valence-corrected chi connectivity index (χ0v) is 21.4. The van der Waals surface area contributed by atoms with E-state index in [0.29, 0.717) is 40.0 Å². The van der Waals surface area contributed by atoms with Gasteiger partial charge >= 0.3 is 5.97 Å². The van der Waals surface area contributed by atoms with E-state index in [4.69, 9.17) is 0 Å². The number of rotatable bonds is 6. The number of carbonyl (C=O) groups is 2. The number of carboxylic acid groups (broad SMARTS) is 1. The summed E-state index contributed by atoms with van der Waals surface area (Å²) in [5.74, 6) is -1.81. The maximum atomic E-state index is 14.6. The summed E-state index contributed by atoms with van der Waals surface area (Å²) >= 11 is 0. The monoisotopic (exact) mass is 519 g/mol. The molecule has 4 N–H and O–H groups in total. The maximum absolute atomic E-state index is 14.6. The van der Waals surface area contributed by atoms with E-state index in [1.165, 1.54) is 12.1 Å². The highest BCUT2D eigenvalue weighted by molar-refractivity contribution is 6.10. The summed E-state index contributed by atoms with van der Waals surface area (Å²) in [6, 6.07) is 19.7. The number of aromatic carboxylic acids is 1. The molecule has 2 heterocycles. The molecule has 39 heavy (non-hydrogen) atoms. The molecule has 1 aliphatic rings. The lowest BCUT2D eigenvalue weighted by molar-refractivity contribution is -0.112. The lowest BCUT2D eigenvalue weighted by Gasteiger charge is -2.15. The third-order valence-corrected chi connectivity index (χ3v) is 7.22. The molecule has 194 valence electrons. The molecule has 0 atom stereocenters. The zero-order chi connectivity index (χ0) is 27.3. The van der Waals surface area contributed by atoms with E-state index >= 15 is 0 Å². The highest BCUT2D eigenvalue weighted by Gasteiger charge is 2.30. The van der Waals surface area contributed by atoms with Crippen LogP contribution in [0.5, 0.6) is 0 Å². The number of para-hydroxylation sites is 1. The van der Waals surface area contributed by atoms with E-state index < -0.39 is 11.8 Å². The Hall–Kier alpha value is -4.91. The predicted octanol–water partition coefficient (Wildman–Crippen LogP) is 7.37. The number of aromatic amines is 2. The fraction of sp³-hybridized carbons (Fsp3) is 0.125. The first-order chi connectivity index (χ1) is 18.8. The molecule has 6 nitrogen and oxygen atoms in total. The Morgan fingerprint density at radius 1 is 1.00 bits per heavy atom. The number of anilines is 1. The number of fused-ring (bicyclic) bond motifs is 2. The molecule has 6 rings (SSSR count). The summed E-state index contributed by atoms with van der Waals surface area (Å²) in [4.78, 5) is 31.8. The second kappa shape index (κ2) is 9.44. The molecule has 0 saturated carbocycles. The van der Waals surface area contributed by atoms with Crippen LogP contribution in [-0.2, 0) is 11.2 Å². The number of carbonyl (C=O) groups excluding carboxylic acids is 1. The largest absolute Gasteiger partial charge is 0.477 e. The Morgan fingerprint density at radius 2 is 1.79 bits per heavy atom. The van der Waals surface area contributed by atoms with Gasteiger partial charge in [-0.25, -0.2) is 9.18 Å². The minimum absolute atomic E-state index is 0.0330. The van der Waals surface area contributed by atoms with Crippen LogP contribution in [0.3, 0.4) is 0 Å². The molecule has 0 radical (unpaired) electrons. The van der Waals surface area contributed by atoms with Crippen LogP contribution in [0.15, 0.2) is 78.5 Å². The van der Waals surface area contributed by atoms with Gasteiger partial charge < -0.3 is 20.4 Å². The van der Waals surface area contributed by atoms with Crippen molar-refractivity contribution in [3.63, 3.8) is 0 Å². The molecule has 3 aromatic carbocycles. The van der Waals surface area contributed by atoms with Crippen LogP contribution in [0.2, 0.25) is 0 Å². The molecule has 1 aliphatic carbocycles. The molecular formula is C32H26FN3O3. The van der Waals surface area contributed by atoms with E-state index in [1.54, 1.807) is 6.20 Å². The number of carboxylic acids is 1. The number of halogens is 1. The van der Waals surface area contributed by atoms with E-state index in [2.05, 4.69) is 15.3 Å². The summed E-state index contributed by atoms with van der Waals surface area (Å²) in [6.07, 6.45) is 4.02. The van der Waals surface area contributed by atoms with Crippen molar-refractivity contribution in [1.29, 1.82) is 0 Å². The number of hydrogen-bond acceptors (Lipinski definition) is 2. The quantitative estimate of drug-likeness (QED) is 0.189. The second-order valence-corrected chi connectivity index (χ2v) is 10.1. The Morgan fingerprint density at radius 3 is 2.54 bits per heavy atom. The number of H-pyrrole nitrogens is 2. The molecule has 0 fully saturated rings. The van der Waals surface area contributed by atoms with Gasteiger partial charge in [-0.15, -0.1) is 0 Å². The minimum Gasteiger partial charge on any atom is -0.477 e. The SMILES string of the molecule is CC(C)c1c(-c2cc(F)cc3[nH]ccc23)[nH]c(C(=O)O)c1-c1cccc2c1C=C(C(=O)Nc1ccccc1)C2. The van der Waals surface area contributed by atoms with Gasteiger partial charge in [0.1, 0.15) is 11.5 Å². The first-order valence-corrected chi connectivity index (χ1v) is 12.8. The van der Waals surface area contributed by atoms with Gasteiger partial charge in [-0.1, -0.05) is 50.2 Å².